The van der Waals surface area contributed by atoms with Gasteiger partial charge in [0, 0.05) is 12.3 Å². The second kappa shape index (κ2) is 4.28. The predicted octanol–water partition coefficient (Wildman–Crippen LogP) is 2.49. The molecule has 0 bridgehead atoms. The lowest BCUT2D eigenvalue weighted by Crippen LogP contribution is -2.05. The Labute approximate surface area is 82.3 Å². The number of nitrogens with zero attached hydrogens (tertiary/aromatic N) is 1. The summed E-state index contributed by atoms with van der Waals surface area (Å²) >= 11 is 0. The van der Waals surface area contributed by atoms with Gasteiger partial charge in [0.25, 0.3) is 0 Å². The van der Waals surface area contributed by atoms with Gasteiger partial charge < -0.3 is 4.84 Å². The lowest BCUT2D eigenvalue weighted by atomic mass is 10.3. The molecule has 0 aliphatic heterocycles. The van der Waals surface area contributed by atoms with Crippen LogP contribution in [-0.4, -0.2) is 4.98 Å². The normalized spacial score (nSPS) is 9.43. The highest BCUT2D eigenvalue weighted by molar-refractivity contribution is 5.40. The van der Waals surface area contributed by atoms with E-state index in [4.69, 9.17) is 4.84 Å². The molecule has 3 nitrogen and oxygen atoms in total. The van der Waals surface area contributed by atoms with Crippen LogP contribution in [0, 0.1) is 0 Å². The number of nitrogens with one attached hydrogen (secondary N) is 1. The molecule has 0 atom stereocenters. The topological polar surface area (TPSA) is 34.1 Å². The van der Waals surface area contributed by atoms with Crippen molar-refractivity contribution in [3.63, 3.8) is 0 Å². The summed E-state index contributed by atoms with van der Waals surface area (Å²) in [5.74, 6) is 0.552. The third-order valence-electron chi connectivity index (χ3n) is 1.68. The Hall–Kier alpha value is -2.03. The van der Waals surface area contributed by atoms with Crippen molar-refractivity contribution in [1.82, 2.24) is 4.98 Å². The first-order chi connectivity index (χ1) is 6.95. The Balaban J connectivity index is 1.96. The molecular weight excluding hydrogens is 176 g/mol. The fourth-order valence-electron chi connectivity index (χ4n) is 1.02. The zero-order chi connectivity index (χ0) is 9.64. The number of anilines is 1. The molecule has 70 valence electrons. The minimum atomic E-state index is 0.552. The van der Waals surface area contributed by atoms with Crippen LogP contribution in [0.25, 0.3) is 0 Å². The minimum Gasteiger partial charge on any atom is -0.362 e. The zero-order valence-electron chi connectivity index (χ0n) is 7.55. The molecular formula is C11H10N2O. The van der Waals surface area contributed by atoms with Crippen molar-refractivity contribution >= 4 is 5.69 Å². The molecule has 1 aromatic carbocycles. The van der Waals surface area contributed by atoms with Gasteiger partial charge in [0.05, 0.1) is 5.69 Å². The molecule has 1 N–H and O–H groups in total. The molecule has 0 saturated heterocycles. The highest BCUT2D eigenvalue weighted by atomic mass is 16.7. The number of aromatic nitrogens is 1. The molecule has 2 aromatic rings. The average molecular weight is 186 g/mol. The summed E-state index contributed by atoms with van der Waals surface area (Å²) in [6.07, 6.45) is 1.68. The van der Waals surface area contributed by atoms with Gasteiger partial charge in [0.1, 0.15) is 0 Å². The molecule has 0 aliphatic carbocycles. The van der Waals surface area contributed by atoms with Crippen LogP contribution >= 0.6 is 0 Å². The lowest BCUT2D eigenvalue weighted by Gasteiger charge is -2.05. The van der Waals surface area contributed by atoms with Crippen molar-refractivity contribution in [3.05, 3.63) is 54.7 Å². The molecule has 3 heteroatoms. The van der Waals surface area contributed by atoms with Gasteiger partial charge in [-0.05, 0) is 18.2 Å². The molecule has 0 aliphatic rings. The van der Waals surface area contributed by atoms with Crippen molar-refractivity contribution in [1.29, 1.82) is 0 Å². The van der Waals surface area contributed by atoms with E-state index in [0.717, 1.165) is 5.69 Å². The van der Waals surface area contributed by atoms with E-state index >= 15 is 0 Å². The summed E-state index contributed by atoms with van der Waals surface area (Å²) in [6.45, 7) is 0. The van der Waals surface area contributed by atoms with Gasteiger partial charge in [0.2, 0.25) is 5.88 Å². The van der Waals surface area contributed by atoms with Crippen LogP contribution in [0.5, 0.6) is 5.88 Å². The van der Waals surface area contributed by atoms with E-state index in [9.17, 15) is 0 Å². The largest absolute Gasteiger partial charge is 0.362 e. The van der Waals surface area contributed by atoms with Crippen LogP contribution in [0.2, 0.25) is 0 Å². The number of para-hydroxylation sites is 1. The predicted molar refractivity (Wildman–Crippen MR) is 54.9 cm³/mol. The number of rotatable bonds is 3. The third kappa shape index (κ3) is 2.23. The van der Waals surface area contributed by atoms with E-state index in [1.807, 2.05) is 42.5 Å². The molecule has 14 heavy (non-hydrogen) atoms. The van der Waals surface area contributed by atoms with Crippen LogP contribution in [0.3, 0.4) is 0 Å². The molecule has 0 radical (unpaired) electrons. The number of pyridine rings is 1. The summed E-state index contributed by atoms with van der Waals surface area (Å²) in [5, 5.41) is 0. The summed E-state index contributed by atoms with van der Waals surface area (Å²) in [4.78, 5) is 9.24. The Bertz CT molecular complexity index is 336. The van der Waals surface area contributed by atoms with E-state index in [1.54, 1.807) is 12.3 Å². The van der Waals surface area contributed by atoms with Crippen molar-refractivity contribution in [3.8, 4) is 5.88 Å². The standard InChI is InChI=1S/C11H10N2O/c1-2-6-10(7-3-1)13-14-11-8-4-5-9-12-11/h1-9,13H. The third-order valence-corrected chi connectivity index (χ3v) is 1.68. The first-order valence-corrected chi connectivity index (χ1v) is 4.34. The van der Waals surface area contributed by atoms with Gasteiger partial charge in [-0.1, -0.05) is 24.3 Å². The fraction of sp³-hybridized carbons (Fsp3) is 0. The summed E-state index contributed by atoms with van der Waals surface area (Å²) in [6, 6.07) is 15.2. The highest BCUT2D eigenvalue weighted by Gasteiger charge is 1.92. The van der Waals surface area contributed by atoms with Crippen molar-refractivity contribution in [2.24, 2.45) is 0 Å². The van der Waals surface area contributed by atoms with Crippen LogP contribution in [0.4, 0.5) is 5.69 Å². The summed E-state index contributed by atoms with van der Waals surface area (Å²) in [7, 11) is 0. The molecule has 0 unspecified atom stereocenters. The Morgan fingerprint density at radius 2 is 1.71 bits per heavy atom. The maximum absolute atomic E-state index is 5.23. The maximum atomic E-state index is 5.23. The maximum Gasteiger partial charge on any atom is 0.245 e. The second-order valence-corrected chi connectivity index (χ2v) is 2.74. The number of hydrogen-bond donors (Lipinski definition) is 1. The molecule has 0 fully saturated rings. The molecule has 2 rings (SSSR count). The summed E-state index contributed by atoms with van der Waals surface area (Å²) < 4.78 is 0. The monoisotopic (exact) mass is 186 g/mol. The molecule has 1 aromatic heterocycles. The van der Waals surface area contributed by atoms with Crippen LogP contribution in [-0.2, 0) is 0 Å². The van der Waals surface area contributed by atoms with Gasteiger partial charge in [0.15, 0.2) is 0 Å². The Morgan fingerprint density at radius 3 is 2.43 bits per heavy atom. The zero-order valence-corrected chi connectivity index (χ0v) is 7.55. The quantitative estimate of drug-likeness (QED) is 0.748. The van der Waals surface area contributed by atoms with E-state index in [0.29, 0.717) is 5.88 Å². The molecule has 1 heterocycles. The van der Waals surface area contributed by atoms with Gasteiger partial charge in [-0.15, -0.1) is 0 Å². The first kappa shape index (κ1) is 8.56. The van der Waals surface area contributed by atoms with Gasteiger partial charge in [-0.25, -0.2) is 10.5 Å². The summed E-state index contributed by atoms with van der Waals surface area (Å²) in [5.41, 5.74) is 3.70. The van der Waals surface area contributed by atoms with Gasteiger partial charge >= 0.3 is 0 Å². The smallest absolute Gasteiger partial charge is 0.245 e. The Kier molecular flexibility index (Phi) is 2.62. The van der Waals surface area contributed by atoms with Crippen molar-refractivity contribution < 1.29 is 4.84 Å². The van der Waals surface area contributed by atoms with E-state index < -0.39 is 0 Å². The van der Waals surface area contributed by atoms with Crippen LogP contribution in [0.15, 0.2) is 54.7 Å². The van der Waals surface area contributed by atoms with Crippen LogP contribution < -0.4 is 10.3 Å². The fourth-order valence-corrected chi connectivity index (χ4v) is 1.02. The number of benzene rings is 1. The highest BCUT2D eigenvalue weighted by Crippen LogP contribution is 2.08. The van der Waals surface area contributed by atoms with Crippen molar-refractivity contribution in [2.45, 2.75) is 0 Å². The number of hydrogen-bond acceptors (Lipinski definition) is 3. The van der Waals surface area contributed by atoms with Crippen molar-refractivity contribution in [2.75, 3.05) is 5.48 Å². The SMILES string of the molecule is c1ccc(NOc2ccccn2)cc1. The molecule has 0 amide bonds. The van der Waals surface area contributed by atoms with Gasteiger partial charge in [-0.2, -0.15) is 0 Å². The minimum absolute atomic E-state index is 0.552. The first-order valence-electron chi connectivity index (χ1n) is 4.34. The van der Waals surface area contributed by atoms with Gasteiger partial charge in [-0.3, -0.25) is 0 Å². The van der Waals surface area contributed by atoms with E-state index in [-0.39, 0.29) is 0 Å². The molecule has 0 spiro atoms. The van der Waals surface area contributed by atoms with E-state index in [2.05, 4.69) is 10.5 Å². The van der Waals surface area contributed by atoms with E-state index in [1.165, 1.54) is 0 Å². The lowest BCUT2D eigenvalue weighted by molar-refractivity contribution is 0.389. The Morgan fingerprint density at radius 1 is 0.929 bits per heavy atom. The average Bonchev–Trinajstić information content (AvgIpc) is 2.29. The molecule has 0 saturated carbocycles. The van der Waals surface area contributed by atoms with Crippen LogP contribution in [0.1, 0.15) is 0 Å². The second-order valence-electron chi connectivity index (χ2n) is 2.74.